The Morgan fingerprint density at radius 3 is 2.76 bits per heavy atom. The number of carbonyl (C=O) groups is 1. The lowest BCUT2D eigenvalue weighted by Crippen LogP contribution is -2.50. The van der Waals surface area contributed by atoms with Gasteiger partial charge in [-0.15, -0.1) is 4.37 Å². The zero-order valence-corrected chi connectivity index (χ0v) is 18.6. The number of hydrogen-bond donors (Lipinski definition) is 2. The van der Waals surface area contributed by atoms with Crippen molar-refractivity contribution < 1.29 is 22.7 Å². The number of aromatic nitrogens is 2. The fourth-order valence-corrected chi connectivity index (χ4v) is 3.87. The van der Waals surface area contributed by atoms with E-state index in [2.05, 4.69) is 24.0 Å². The van der Waals surface area contributed by atoms with Gasteiger partial charge in [-0.1, -0.05) is 12.1 Å². The van der Waals surface area contributed by atoms with Crippen molar-refractivity contribution in [2.45, 2.75) is 12.6 Å². The molecular formula is C20H21F3N8O2S. The molecule has 3 N–H and O–H groups in total. The summed E-state index contributed by atoms with van der Waals surface area (Å²) < 4.78 is 53.0. The highest BCUT2D eigenvalue weighted by Gasteiger charge is 2.31. The summed E-state index contributed by atoms with van der Waals surface area (Å²) >= 11 is 1.01. The number of nitrogens with two attached hydrogens (primary N) is 1. The van der Waals surface area contributed by atoms with Gasteiger partial charge in [-0.25, -0.2) is 14.8 Å². The number of alkyl halides is 3. The normalized spacial score (nSPS) is 16.6. The summed E-state index contributed by atoms with van der Waals surface area (Å²) in [6.45, 7) is 1.80. The van der Waals surface area contributed by atoms with Crippen molar-refractivity contribution in [3.8, 4) is 5.88 Å². The van der Waals surface area contributed by atoms with Crippen molar-refractivity contribution in [3.63, 3.8) is 0 Å². The molecule has 14 heteroatoms. The summed E-state index contributed by atoms with van der Waals surface area (Å²) in [5, 5.41) is 2.53. The monoisotopic (exact) mass is 494 g/mol. The molecule has 1 aromatic heterocycles. The molecule has 3 heterocycles. The van der Waals surface area contributed by atoms with Crippen LogP contribution in [0.2, 0.25) is 0 Å². The van der Waals surface area contributed by atoms with Crippen LogP contribution >= 0.6 is 11.7 Å². The molecule has 2 aliphatic rings. The Balaban J connectivity index is 1.31. The highest BCUT2D eigenvalue weighted by atomic mass is 32.1. The fraction of sp³-hybridized carbons (Fsp3) is 0.350. The molecular weight excluding hydrogens is 473 g/mol. The second kappa shape index (κ2) is 10.1. The minimum atomic E-state index is -4.48. The molecule has 0 spiro atoms. The first-order valence-electron chi connectivity index (χ1n) is 10.3. The number of nitrogens with zero attached hydrogens (tertiary/aromatic N) is 6. The third-order valence-electron chi connectivity index (χ3n) is 5.06. The maximum absolute atomic E-state index is 12.9. The lowest BCUT2D eigenvalue weighted by atomic mass is 10.2. The van der Waals surface area contributed by atoms with Gasteiger partial charge < -0.3 is 25.6 Å². The number of halogens is 3. The van der Waals surface area contributed by atoms with E-state index in [1.54, 1.807) is 6.20 Å². The van der Waals surface area contributed by atoms with Crippen LogP contribution in [-0.2, 0) is 6.18 Å². The Morgan fingerprint density at radius 2 is 2.00 bits per heavy atom. The first kappa shape index (κ1) is 23.5. The fourth-order valence-electron chi connectivity index (χ4n) is 3.35. The van der Waals surface area contributed by atoms with E-state index in [-0.39, 0.29) is 18.3 Å². The van der Waals surface area contributed by atoms with Crippen LogP contribution < -0.4 is 20.7 Å². The number of aliphatic imine (C=N–C) groups is 2. The molecule has 1 saturated heterocycles. The van der Waals surface area contributed by atoms with E-state index in [1.807, 2.05) is 11.0 Å². The van der Waals surface area contributed by atoms with Crippen LogP contribution in [-0.4, -0.2) is 64.1 Å². The van der Waals surface area contributed by atoms with E-state index >= 15 is 0 Å². The predicted octanol–water partition coefficient (Wildman–Crippen LogP) is 2.96. The molecule has 0 atom stereocenters. The van der Waals surface area contributed by atoms with Crippen molar-refractivity contribution >= 4 is 40.9 Å². The number of rotatable bonds is 5. The number of allylic oxidation sites excluding steroid dienone is 1. The summed E-state index contributed by atoms with van der Waals surface area (Å²) in [5.41, 5.74) is 5.63. The number of guanidine groups is 1. The van der Waals surface area contributed by atoms with Crippen molar-refractivity contribution in [2.75, 3.05) is 43.0 Å². The molecule has 2 aromatic rings. The minimum Gasteiger partial charge on any atom is -0.468 e. The Morgan fingerprint density at radius 1 is 1.21 bits per heavy atom. The number of urea groups is 1. The van der Waals surface area contributed by atoms with Crippen LogP contribution in [0.5, 0.6) is 5.88 Å². The summed E-state index contributed by atoms with van der Waals surface area (Å²) in [5.74, 6) is 1.08. The van der Waals surface area contributed by atoms with Gasteiger partial charge in [0.25, 0.3) is 5.88 Å². The van der Waals surface area contributed by atoms with Crippen LogP contribution in [0.15, 0.2) is 46.5 Å². The zero-order valence-electron chi connectivity index (χ0n) is 17.8. The molecule has 0 aliphatic carbocycles. The Kier molecular flexibility index (Phi) is 6.95. The zero-order chi connectivity index (χ0) is 24.1. The number of ether oxygens (including phenoxy) is 1. The quantitative estimate of drug-likeness (QED) is 0.659. The van der Waals surface area contributed by atoms with Crippen LogP contribution in [0, 0.1) is 0 Å². The second-order valence-electron chi connectivity index (χ2n) is 7.42. The average molecular weight is 495 g/mol. The van der Waals surface area contributed by atoms with Crippen molar-refractivity contribution in [3.05, 3.63) is 42.1 Å². The summed E-state index contributed by atoms with van der Waals surface area (Å²) in [7, 11) is 0. The molecule has 1 fully saturated rings. The van der Waals surface area contributed by atoms with Gasteiger partial charge in [0.05, 0.1) is 23.0 Å². The molecule has 2 amide bonds. The molecule has 10 nitrogen and oxygen atoms in total. The summed E-state index contributed by atoms with van der Waals surface area (Å²) in [6.07, 6.45) is -0.513. The maximum atomic E-state index is 12.9. The van der Waals surface area contributed by atoms with Crippen molar-refractivity contribution in [1.82, 2.24) is 13.6 Å². The highest BCUT2D eigenvalue weighted by Crippen LogP contribution is 2.31. The first-order chi connectivity index (χ1) is 16.3. The van der Waals surface area contributed by atoms with E-state index in [0.717, 1.165) is 23.9 Å². The van der Waals surface area contributed by atoms with E-state index in [0.29, 0.717) is 50.0 Å². The predicted molar refractivity (Wildman–Crippen MR) is 122 cm³/mol. The molecule has 0 bridgehead atoms. The molecule has 34 heavy (non-hydrogen) atoms. The van der Waals surface area contributed by atoms with E-state index in [4.69, 9.17) is 10.5 Å². The lowest BCUT2D eigenvalue weighted by Gasteiger charge is -2.34. The first-order valence-corrected chi connectivity index (χ1v) is 11.0. The van der Waals surface area contributed by atoms with Gasteiger partial charge in [-0.3, -0.25) is 0 Å². The van der Waals surface area contributed by atoms with Crippen LogP contribution in [0.3, 0.4) is 0 Å². The smallest absolute Gasteiger partial charge is 0.416 e. The number of hydrogen-bond acceptors (Lipinski definition) is 9. The third-order valence-corrected chi connectivity index (χ3v) is 5.57. The van der Waals surface area contributed by atoms with Gasteiger partial charge >= 0.3 is 12.2 Å². The van der Waals surface area contributed by atoms with Crippen LogP contribution in [0.1, 0.15) is 12.0 Å². The Labute approximate surface area is 197 Å². The molecule has 1 aromatic carbocycles. The third kappa shape index (κ3) is 5.81. The summed E-state index contributed by atoms with van der Waals surface area (Å²) in [4.78, 5) is 24.1. The maximum Gasteiger partial charge on any atom is 0.416 e. The van der Waals surface area contributed by atoms with Gasteiger partial charge in [0.15, 0.2) is 0 Å². The molecule has 0 unspecified atom stereocenters. The topological polar surface area (TPSA) is 121 Å². The van der Waals surface area contributed by atoms with Gasteiger partial charge in [0, 0.05) is 44.5 Å². The number of nitrogens with one attached hydrogen (secondary N) is 1. The number of anilines is 2. The van der Waals surface area contributed by atoms with Gasteiger partial charge in [-0.05, 0) is 18.2 Å². The average Bonchev–Trinajstić information content (AvgIpc) is 3.18. The van der Waals surface area contributed by atoms with Crippen molar-refractivity contribution in [2.24, 2.45) is 15.7 Å². The van der Waals surface area contributed by atoms with E-state index in [9.17, 15) is 18.0 Å². The minimum absolute atomic E-state index is 0.0867. The molecule has 0 saturated carbocycles. The lowest BCUT2D eigenvalue weighted by molar-refractivity contribution is -0.137. The largest absolute Gasteiger partial charge is 0.468 e. The number of carbonyl (C=O) groups excluding carboxylic acids is 1. The van der Waals surface area contributed by atoms with Gasteiger partial charge in [0.2, 0.25) is 11.8 Å². The Hall–Kier alpha value is -3.68. The van der Waals surface area contributed by atoms with Gasteiger partial charge in [-0.2, -0.15) is 17.5 Å². The van der Waals surface area contributed by atoms with Crippen molar-refractivity contribution in [1.29, 1.82) is 0 Å². The van der Waals surface area contributed by atoms with E-state index < -0.39 is 17.8 Å². The number of piperazine rings is 1. The molecule has 0 radical (unpaired) electrons. The SMILES string of the molecule is NC1=NC=CCC(COc2nsnc2N2CCN(C(=O)Nc3cccc(C(F)(F)F)c3)CC2)=N1. The highest BCUT2D eigenvalue weighted by molar-refractivity contribution is 6.99. The number of amides is 2. The van der Waals surface area contributed by atoms with Crippen LogP contribution in [0.25, 0.3) is 0 Å². The molecule has 4 rings (SSSR count). The van der Waals surface area contributed by atoms with Crippen LogP contribution in [0.4, 0.5) is 29.5 Å². The number of benzene rings is 1. The molecule has 2 aliphatic heterocycles. The van der Waals surface area contributed by atoms with E-state index in [1.165, 1.54) is 17.0 Å². The second-order valence-corrected chi connectivity index (χ2v) is 7.95. The summed E-state index contributed by atoms with van der Waals surface area (Å²) in [6, 6.07) is 4.07. The Bertz CT molecular complexity index is 1120. The molecule has 180 valence electrons. The standard InChI is InChI=1S/C20H21F3N8O2S/c21-20(22,23)13-3-1-4-14(11-13)27-19(32)31-9-7-30(8-10-31)16-17(29-34-28-16)33-12-15-5-2-6-25-18(24)26-15/h1-4,6,11H,5,7-10,12H2,(H2,24,25)(H,27,32). The van der Waals surface area contributed by atoms with Gasteiger partial charge in [0.1, 0.15) is 6.61 Å².